The summed E-state index contributed by atoms with van der Waals surface area (Å²) in [6.45, 7) is 12.0. The lowest BCUT2D eigenvalue weighted by Crippen LogP contribution is -2.44. The number of ether oxygens (including phenoxy) is 1. The summed E-state index contributed by atoms with van der Waals surface area (Å²) in [5.74, 6) is -1.36. The number of nitrogens with one attached hydrogen (secondary N) is 2. The number of carbonyl (C=O) groups excluding carboxylic acids is 2. The van der Waals surface area contributed by atoms with E-state index in [-0.39, 0.29) is 30.2 Å². The monoisotopic (exact) mass is 729 g/mol. The van der Waals surface area contributed by atoms with Crippen LogP contribution in [0.25, 0.3) is 11.1 Å². The van der Waals surface area contributed by atoms with Gasteiger partial charge in [-0.05, 0) is 63.3 Å². The smallest absolute Gasteiger partial charge is 0.270 e. The minimum absolute atomic E-state index is 0.00144. The minimum atomic E-state index is -1.24. The third-order valence-electron chi connectivity index (χ3n) is 7.43. The Labute approximate surface area is 289 Å². The average molecular weight is 731 g/mol. The number of carbonyl (C=O) groups is 2. The Bertz CT molecular complexity index is 1530. The molecule has 0 saturated heterocycles. The van der Waals surface area contributed by atoms with Crippen molar-refractivity contribution in [1.29, 1.82) is 0 Å². The SMILES string of the molecule is CCc1c(-c2ccc(NC(=O)[C@H](CCCC(Cl)Cl)NC(=O)c3ccnn3CCCS(C)=O)nc2F)c(C)nn1COCC[Si](C)(C)C. The molecule has 16 heteroatoms. The van der Waals surface area contributed by atoms with Crippen LogP contribution in [-0.2, 0) is 40.0 Å². The first-order valence-electron chi connectivity index (χ1n) is 15.7. The second-order valence-corrected chi connectivity index (χ2v) is 21.0. The van der Waals surface area contributed by atoms with Crippen LogP contribution in [0.4, 0.5) is 10.2 Å². The normalized spacial score (nSPS) is 13.1. The highest BCUT2D eigenvalue weighted by molar-refractivity contribution is 7.84. The number of alkyl halides is 2. The number of aryl methyl sites for hydroxylation is 2. The second-order valence-electron chi connectivity index (χ2n) is 12.6. The van der Waals surface area contributed by atoms with Gasteiger partial charge in [-0.2, -0.15) is 14.6 Å². The first-order valence-corrected chi connectivity index (χ1v) is 22.0. The third-order valence-corrected chi connectivity index (χ3v) is 10.4. The van der Waals surface area contributed by atoms with Crippen molar-refractivity contribution < 1.29 is 22.9 Å². The molecule has 3 rings (SSSR count). The molecule has 0 radical (unpaired) electrons. The molecule has 3 heterocycles. The lowest BCUT2D eigenvalue weighted by molar-refractivity contribution is -0.118. The Morgan fingerprint density at radius 1 is 1.13 bits per heavy atom. The molecule has 47 heavy (non-hydrogen) atoms. The zero-order valence-electron chi connectivity index (χ0n) is 27.9. The van der Waals surface area contributed by atoms with Gasteiger partial charge in [0.05, 0.1) is 5.69 Å². The predicted octanol–water partition coefficient (Wildman–Crippen LogP) is 5.94. The van der Waals surface area contributed by atoms with E-state index < -0.39 is 47.5 Å². The van der Waals surface area contributed by atoms with E-state index >= 15 is 4.39 Å². The zero-order chi connectivity index (χ0) is 34.7. The minimum Gasteiger partial charge on any atom is -0.360 e. The maximum absolute atomic E-state index is 15.6. The highest BCUT2D eigenvalue weighted by atomic mass is 35.5. The summed E-state index contributed by atoms with van der Waals surface area (Å²) in [6, 6.07) is 4.68. The van der Waals surface area contributed by atoms with E-state index in [4.69, 9.17) is 27.9 Å². The fourth-order valence-electron chi connectivity index (χ4n) is 4.98. The average Bonchev–Trinajstić information content (AvgIpc) is 3.57. The van der Waals surface area contributed by atoms with Crippen molar-refractivity contribution in [2.45, 2.75) is 95.8 Å². The summed E-state index contributed by atoms with van der Waals surface area (Å²) in [5, 5.41) is 14.2. The van der Waals surface area contributed by atoms with Gasteiger partial charge < -0.3 is 15.4 Å². The van der Waals surface area contributed by atoms with Crippen LogP contribution in [0.15, 0.2) is 24.4 Å². The molecule has 2 N–H and O–H groups in total. The van der Waals surface area contributed by atoms with Gasteiger partial charge in [0.15, 0.2) is 0 Å². The molecule has 3 aromatic heterocycles. The van der Waals surface area contributed by atoms with Gasteiger partial charge in [-0.3, -0.25) is 18.5 Å². The number of hydrogen-bond donors (Lipinski definition) is 2. The van der Waals surface area contributed by atoms with Crippen molar-refractivity contribution >= 4 is 59.7 Å². The van der Waals surface area contributed by atoms with Gasteiger partial charge in [-0.15, -0.1) is 23.2 Å². The first kappa shape index (κ1) is 38.8. The second kappa shape index (κ2) is 18.2. The van der Waals surface area contributed by atoms with Crippen molar-refractivity contribution in [2.24, 2.45) is 0 Å². The summed E-state index contributed by atoms with van der Waals surface area (Å²) in [4.78, 5) is 30.0. The number of hydrogen-bond acceptors (Lipinski definition) is 7. The van der Waals surface area contributed by atoms with Gasteiger partial charge in [-0.25, -0.2) is 9.67 Å². The van der Waals surface area contributed by atoms with E-state index in [1.165, 1.54) is 16.9 Å². The Morgan fingerprint density at radius 2 is 1.87 bits per heavy atom. The summed E-state index contributed by atoms with van der Waals surface area (Å²) in [5.41, 5.74) is 2.65. The van der Waals surface area contributed by atoms with Crippen LogP contribution < -0.4 is 10.6 Å². The molecule has 0 aliphatic carbocycles. The molecule has 0 spiro atoms. The maximum atomic E-state index is 15.6. The molecule has 0 bridgehead atoms. The van der Waals surface area contributed by atoms with Crippen LogP contribution in [0.1, 0.15) is 54.5 Å². The van der Waals surface area contributed by atoms with E-state index in [0.717, 1.165) is 11.7 Å². The number of nitrogens with zero attached hydrogens (tertiary/aromatic N) is 5. The van der Waals surface area contributed by atoms with Crippen molar-refractivity contribution in [2.75, 3.05) is 23.9 Å². The van der Waals surface area contributed by atoms with Gasteiger partial charge >= 0.3 is 0 Å². The quantitative estimate of drug-likeness (QED) is 0.0675. The van der Waals surface area contributed by atoms with Gasteiger partial charge in [0.1, 0.15) is 29.1 Å². The lowest BCUT2D eigenvalue weighted by Gasteiger charge is -2.19. The Morgan fingerprint density at radius 3 is 2.51 bits per heavy atom. The molecule has 0 aromatic carbocycles. The molecular formula is C31H46Cl2FN7O4SSi. The molecule has 11 nitrogen and oxygen atoms in total. The summed E-state index contributed by atoms with van der Waals surface area (Å²) < 4.78 is 36.2. The van der Waals surface area contributed by atoms with Crippen LogP contribution in [0, 0.1) is 12.9 Å². The molecule has 0 saturated carbocycles. The molecule has 3 aromatic rings. The Kier molecular flexibility index (Phi) is 15.0. The fraction of sp³-hybridized carbons (Fsp3) is 0.581. The van der Waals surface area contributed by atoms with Crippen LogP contribution >= 0.6 is 23.2 Å². The fourth-order valence-corrected chi connectivity index (χ4v) is 6.58. The summed E-state index contributed by atoms with van der Waals surface area (Å²) in [6.07, 6.45) is 5.37. The molecule has 1 unspecified atom stereocenters. The maximum Gasteiger partial charge on any atom is 0.270 e. The van der Waals surface area contributed by atoms with Gasteiger partial charge in [-0.1, -0.05) is 26.6 Å². The molecule has 0 fully saturated rings. The van der Waals surface area contributed by atoms with Gasteiger partial charge in [0.25, 0.3) is 5.91 Å². The molecule has 0 aliphatic heterocycles. The van der Waals surface area contributed by atoms with Crippen LogP contribution in [0.3, 0.4) is 0 Å². The van der Waals surface area contributed by atoms with Gasteiger partial charge in [0.2, 0.25) is 11.9 Å². The largest absolute Gasteiger partial charge is 0.360 e. The first-order chi connectivity index (χ1) is 22.2. The topological polar surface area (TPSA) is 133 Å². The van der Waals surface area contributed by atoms with Crippen LogP contribution in [0.2, 0.25) is 25.7 Å². The van der Waals surface area contributed by atoms with Crippen LogP contribution in [0.5, 0.6) is 0 Å². The Hall–Kier alpha value is -2.65. The number of aromatic nitrogens is 5. The van der Waals surface area contributed by atoms with E-state index in [9.17, 15) is 13.8 Å². The highest BCUT2D eigenvalue weighted by Gasteiger charge is 2.25. The number of halogens is 3. The predicted molar refractivity (Wildman–Crippen MR) is 189 cm³/mol. The van der Waals surface area contributed by atoms with E-state index in [1.807, 2.05) is 13.8 Å². The summed E-state index contributed by atoms with van der Waals surface area (Å²) in [7, 11) is -2.20. The highest BCUT2D eigenvalue weighted by Crippen LogP contribution is 2.30. The Balaban J connectivity index is 1.75. The summed E-state index contributed by atoms with van der Waals surface area (Å²) >= 11 is 11.8. The number of pyridine rings is 1. The molecule has 2 atom stereocenters. The number of rotatable bonds is 19. The zero-order valence-corrected chi connectivity index (χ0v) is 31.3. The van der Waals surface area contributed by atoms with Crippen LogP contribution in [-0.4, -0.2) is 78.1 Å². The van der Waals surface area contributed by atoms with Crippen molar-refractivity contribution in [1.82, 2.24) is 29.9 Å². The molecule has 0 aliphatic rings. The standard InChI is InChI=1S/C31H46Cl2FN7O4SSi/c1-7-24-28(21(2)39-41(24)20-45-17-19-47(4,5)6)22-12-13-27(37-29(22)34)38-30(42)23(10-8-11-26(32)33)36-31(43)25-14-15-35-40(25)16-9-18-46(3)44/h12-15,23,26H,7-11,16-20H2,1-6H3,(H,36,43)(H,37,38,42)/t23-,46?/m0/s1. The molecular weight excluding hydrogens is 684 g/mol. The number of anilines is 1. The van der Waals surface area contributed by atoms with E-state index in [1.54, 1.807) is 23.1 Å². The van der Waals surface area contributed by atoms with Crippen molar-refractivity contribution in [3.63, 3.8) is 0 Å². The number of amides is 2. The van der Waals surface area contributed by atoms with E-state index in [2.05, 4.69) is 45.5 Å². The molecule has 2 amide bonds. The van der Waals surface area contributed by atoms with Gasteiger partial charge in [0, 0.05) is 67.1 Å². The third kappa shape index (κ3) is 12.1. The molecule has 260 valence electrons. The van der Waals surface area contributed by atoms with Crippen molar-refractivity contribution in [3.05, 3.63) is 47.4 Å². The lowest BCUT2D eigenvalue weighted by atomic mass is 10.0. The van der Waals surface area contributed by atoms with Crippen molar-refractivity contribution in [3.8, 4) is 11.1 Å². The van der Waals surface area contributed by atoms with E-state index in [0.29, 0.717) is 55.8 Å².